The number of benzene rings is 1. The summed E-state index contributed by atoms with van der Waals surface area (Å²) in [5, 5.41) is 19.0. The maximum Gasteiger partial charge on any atom is 0.115 e. The molecule has 1 aromatic carbocycles. The van der Waals surface area contributed by atoms with Gasteiger partial charge in [0, 0.05) is 0 Å². The Bertz CT molecular complexity index is 299. The van der Waals surface area contributed by atoms with Gasteiger partial charge in [0.05, 0.1) is 5.60 Å². The molecule has 2 nitrogen and oxygen atoms in total. The fraction of sp³-hybridized carbons (Fsp3) is 0.500. The Morgan fingerprint density at radius 2 is 1.79 bits per heavy atom. The Labute approximate surface area is 84.2 Å². The van der Waals surface area contributed by atoms with E-state index in [0.717, 1.165) is 32.1 Å². The van der Waals surface area contributed by atoms with E-state index < -0.39 is 5.60 Å². The van der Waals surface area contributed by atoms with Gasteiger partial charge in [-0.15, -0.1) is 0 Å². The summed E-state index contributed by atoms with van der Waals surface area (Å²) in [6.45, 7) is 0. The van der Waals surface area contributed by atoms with Crippen molar-refractivity contribution in [3.05, 3.63) is 29.8 Å². The molecule has 14 heavy (non-hydrogen) atoms. The number of hydrogen-bond donors (Lipinski definition) is 2. The Balaban J connectivity index is 1.88. The fourth-order valence-corrected chi connectivity index (χ4v) is 1.87. The van der Waals surface area contributed by atoms with E-state index >= 15 is 0 Å². The molecular weight excluding hydrogens is 176 g/mol. The van der Waals surface area contributed by atoms with E-state index in [-0.39, 0.29) is 0 Å². The van der Waals surface area contributed by atoms with Crippen LogP contribution in [0.5, 0.6) is 5.75 Å². The second-order valence-electron chi connectivity index (χ2n) is 4.24. The summed E-state index contributed by atoms with van der Waals surface area (Å²) in [5.74, 6) is 0.302. The van der Waals surface area contributed by atoms with Crippen molar-refractivity contribution in [3.8, 4) is 5.75 Å². The summed E-state index contributed by atoms with van der Waals surface area (Å²) in [6, 6.07) is 7.22. The van der Waals surface area contributed by atoms with Gasteiger partial charge in [-0.05, 0) is 49.8 Å². The molecular formula is C12H16O2. The predicted molar refractivity (Wildman–Crippen MR) is 55.2 cm³/mol. The third-order valence-corrected chi connectivity index (χ3v) is 3.10. The topological polar surface area (TPSA) is 40.5 Å². The van der Waals surface area contributed by atoms with Crippen LogP contribution in [-0.4, -0.2) is 15.8 Å². The van der Waals surface area contributed by atoms with Crippen molar-refractivity contribution in [1.82, 2.24) is 0 Å². The molecule has 0 unspecified atom stereocenters. The van der Waals surface area contributed by atoms with Gasteiger partial charge in [0.25, 0.3) is 0 Å². The molecule has 1 saturated carbocycles. The van der Waals surface area contributed by atoms with Crippen LogP contribution in [0.1, 0.15) is 31.2 Å². The van der Waals surface area contributed by atoms with Gasteiger partial charge >= 0.3 is 0 Å². The molecule has 1 aliphatic rings. The molecule has 0 spiro atoms. The van der Waals surface area contributed by atoms with Crippen LogP contribution in [0.3, 0.4) is 0 Å². The van der Waals surface area contributed by atoms with Crippen molar-refractivity contribution in [1.29, 1.82) is 0 Å². The van der Waals surface area contributed by atoms with E-state index in [1.165, 1.54) is 5.56 Å². The summed E-state index contributed by atoms with van der Waals surface area (Å²) >= 11 is 0. The van der Waals surface area contributed by atoms with Gasteiger partial charge in [-0.3, -0.25) is 0 Å². The maximum atomic E-state index is 9.88. The predicted octanol–water partition coefficient (Wildman–Crippen LogP) is 2.24. The van der Waals surface area contributed by atoms with E-state index in [1.54, 1.807) is 12.1 Å². The Kier molecular flexibility index (Phi) is 2.46. The van der Waals surface area contributed by atoms with Crippen molar-refractivity contribution in [2.24, 2.45) is 0 Å². The van der Waals surface area contributed by atoms with Crippen LogP contribution < -0.4 is 0 Å². The molecule has 0 radical (unpaired) electrons. The van der Waals surface area contributed by atoms with Crippen molar-refractivity contribution in [3.63, 3.8) is 0 Å². The molecule has 0 aromatic heterocycles. The lowest BCUT2D eigenvalue weighted by atomic mass is 9.76. The lowest BCUT2D eigenvalue weighted by Crippen LogP contribution is -2.36. The highest BCUT2D eigenvalue weighted by Gasteiger charge is 2.33. The number of aromatic hydroxyl groups is 1. The molecule has 1 aliphatic carbocycles. The molecule has 0 atom stereocenters. The highest BCUT2D eigenvalue weighted by molar-refractivity contribution is 5.26. The van der Waals surface area contributed by atoms with Crippen LogP contribution in [0.4, 0.5) is 0 Å². The number of phenolic OH excluding ortho intramolecular Hbond substituents is 1. The number of rotatable bonds is 3. The van der Waals surface area contributed by atoms with Gasteiger partial charge in [0.2, 0.25) is 0 Å². The zero-order valence-electron chi connectivity index (χ0n) is 8.24. The van der Waals surface area contributed by atoms with Gasteiger partial charge in [0.15, 0.2) is 0 Å². The summed E-state index contributed by atoms with van der Waals surface area (Å²) in [4.78, 5) is 0. The van der Waals surface area contributed by atoms with Crippen LogP contribution in [0.25, 0.3) is 0 Å². The Morgan fingerprint density at radius 3 is 2.29 bits per heavy atom. The van der Waals surface area contributed by atoms with Crippen LogP contribution in [0.2, 0.25) is 0 Å². The molecule has 1 fully saturated rings. The summed E-state index contributed by atoms with van der Waals surface area (Å²) in [7, 11) is 0. The van der Waals surface area contributed by atoms with E-state index in [1.807, 2.05) is 12.1 Å². The number of hydrogen-bond acceptors (Lipinski definition) is 2. The molecule has 0 bridgehead atoms. The number of phenols is 1. The number of aryl methyl sites for hydroxylation is 1. The molecule has 2 N–H and O–H groups in total. The Morgan fingerprint density at radius 1 is 1.14 bits per heavy atom. The summed E-state index contributed by atoms with van der Waals surface area (Å²) in [5.41, 5.74) is 0.792. The van der Waals surface area contributed by atoms with Crippen LogP contribution >= 0.6 is 0 Å². The first kappa shape index (κ1) is 9.53. The van der Waals surface area contributed by atoms with E-state index in [9.17, 15) is 5.11 Å². The van der Waals surface area contributed by atoms with Crippen LogP contribution in [0.15, 0.2) is 24.3 Å². The van der Waals surface area contributed by atoms with Crippen molar-refractivity contribution in [2.45, 2.75) is 37.7 Å². The zero-order chi connectivity index (χ0) is 10.0. The third-order valence-electron chi connectivity index (χ3n) is 3.10. The van der Waals surface area contributed by atoms with Crippen LogP contribution in [-0.2, 0) is 6.42 Å². The fourth-order valence-electron chi connectivity index (χ4n) is 1.87. The first-order chi connectivity index (χ1) is 6.68. The SMILES string of the molecule is Oc1ccc(CCC2(O)CCC2)cc1. The average molecular weight is 192 g/mol. The normalized spacial score (nSPS) is 18.9. The highest BCUT2D eigenvalue weighted by Crippen LogP contribution is 2.35. The van der Waals surface area contributed by atoms with E-state index in [2.05, 4.69) is 0 Å². The molecule has 0 aliphatic heterocycles. The lowest BCUT2D eigenvalue weighted by Gasteiger charge is -2.36. The monoisotopic (exact) mass is 192 g/mol. The quantitative estimate of drug-likeness (QED) is 0.771. The maximum absolute atomic E-state index is 9.88. The van der Waals surface area contributed by atoms with E-state index in [4.69, 9.17) is 5.11 Å². The van der Waals surface area contributed by atoms with Gasteiger partial charge < -0.3 is 10.2 Å². The molecule has 0 heterocycles. The third kappa shape index (κ3) is 2.07. The molecule has 0 amide bonds. The van der Waals surface area contributed by atoms with Gasteiger partial charge in [-0.2, -0.15) is 0 Å². The second kappa shape index (κ2) is 3.62. The molecule has 1 aromatic rings. The smallest absolute Gasteiger partial charge is 0.115 e. The van der Waals surface area contributed by atoms with Crippen molar-refractivity contribution in [2.75, 3.05) is 0 Å². The first-order valence-electron chi connectivity index (χ1n) is 5.18. The molecule has 2 rings (SSSR count). The minimum absolute atomic E-state index is 0.302. The summed E-state index contributed by atoms with van der Waals surface area (Å²) < 4.78 is 0. The summed E-state index contributed by atoms with van der Waals surface area (Å²) in [6.07, 6.45) is 4.80. The van der Waals surface area contributed by atoms with Gasteiger partial charge in [0.1, 0.15) is 5.75 Å². The minimum Gasteiger partial charge on any atom is -0.508 e. The van der Waals surface area contributed by atoms with Gasteiger partial charge in [-0.25, -0.2) is 0 Å². The lowest BCUT2D eigenvalue weighted by molar-refractivity contribution is -0.0397. The Hall–Kier alpha value is -1.02. The zero-order valence-corrected chi connectivity index (χ0v) is 8.24. The molecule has 0 saturated heterocycles. The number of aliphatic hydroxyl groups is 1. The van der Waals surface area contributed by atoms with Crippen molar-refractivity contribution >= 4 is 0 Å². The van der Waals surface area contributed by atoms with E-state index in [0.29, 0.717) is 5.75 Å². The molecule has 76 valence electrons. The molecule has 2 heteroatoms. The second-order valence-corrected chi connectivity index (χ2v) is 4.24. The minimum atomic E-state index is -0.391. The first-order valence-corrected chi connectivity index (χ1v) is 5.18. The van der Waals surface area contributed by atoms with Gasteiger partial charge in [-0.1, -0.05) is 12.1 Å². The average Bonchev–Trinajstić information content (AvgIpc) is 2.14. The largest absolute Gasteiger partial charge is 0.508 e. The highest BCUT2D eigenvalue weighted by atomic mass is 16.3. The van der Waals surface area contributed by atoms with Crippen LogP contribution in [0, 0.1) is 0 Å². The standard InChI is InChI=1S/C12H16O2/c13-11-4-2-10(3-5-11)6-9-12(14)7-1-8-12/h2-5,13-14H,1,6-9H2. The van der Waals surface area contributed by atoms with Crippen molar-refractivity contribution < 1.29 is 10.2 Å².